The highest BCUT2D eigenvalue weighted by atomic mass is 19.1. The van der Waals surface area contributed by atoms with Crippen LogP contribution in [0.3, 0.4) is 0 Å². The van der Waals surface area contributed by atoms with Crippen molar-refractivity contribution in [2.75, 3.05) is 0 Å². The average Bonchev–Trinajstić information content (AvgIpc) is 3.08. The normalized spacial score (nSPS) is 13.3. The molecular weight excluding hydrogens is 348 g/mol. The average molecular weight is 367 g/mol. The van der Waals surface area contributed by atoms with Crippen molar-refractivity contribution >= 4 is 5.91 Å². The van der Waals surface area contributed by atoms with Crippen LogP contribution in [0.5, 0.6) is 0 Å². The molecule has 0 spiro atoms. The van der Waals surface area contributed by atoms with Crippen LogP contribution in [-0.2, 0) is 19.4 Å². The van der Waals surface area contributed by atoms with Crippen LogP contribution >= 0.6 is 0 Å². The van der Waals surface area contributed by atoms with Crippen LogP contribution in [-0.4, -0.2) is 15.7 Å². The summed E-state index contributed by atoms with van der Waals surface area (Å²) in [5, 5.41) is 7.40. The monoisotopic (exact) mass is 367 g/mol. The molecule has 0 saturated heterocycles. The first kappa shape index (κ1) is 17.4. The summed E-state index contributed by atoms with van der Waals surface area (Å²) < 4.78 is 28.0. The molecular formula is C21H19F2N3O. The van der Waals surface area contributed by atoms with Crippen LogP contribution in [0.25, 0.3) is 5.69 Å². The van der Waals surface area contributed by atoms with Gasteiger partial charge in [0.05, 0.1) is 5.69 Å². The number of halogens is 2. The number of carbonyl (C=O) groups is 1. The lowest BCUT2D eigenvalue weighted by Gasteiger charge is -2.14. The molecule has 3 aromatic rings. The molecule has 1 aromatic heterocycles. The second-order valence-corrected chi connectivity index (χ2v) is 6.68. The van der Waals surface area contributed by atoms with Gasteiger partial charge in [-0.05, 0) is 67.6 Å². The van der Waals surface area contributed by atoms with Crippen LogP contribution in [0.1, 0.15) is 40.2 Å². The number of hydrogen-bond donors (Lipinski definition) is 1. The molecule has 0 radical (unpaired) electrons. The molecule has 0 aliphatic heterocycles. The number of aromatic nitrogens is 2. The maximum atomic E-state index is 13.2. The van der Waals surface area contributed by atoms with Gasteiger partial charge >= 0.3 is 0 Å². The van der Waals surface area contributed by atoms with Crippen molar-refractivity contribution in [2.45, 2.75) is 32.2 Å². The lowest BCUT2D eigenvalue weighted by Crippen LogP contribution is -2.24. The largest absolute Gasteiger partial charge is 0.347 e. The predicted octanol–water partition coefficient (Wildman–Crippen LogP) is 3.96. The molecule has 4 rings (SSSR count). The highest BCUT2D eigenvalue weighted by Crippen LogP contribution is 2.27. The van der Waals surface area contributed by atoms with E-state index in [-0.39, 0.29) is 17.5 Å². The Kier molecular flexibility index (Phi) is 4.71. The second kappa shape index (κ2) is 7.31. The second-order valence-electron chi connectivity index (χ2n) is 6.68. The molecule has 4 nitrogen and oxygen atoms in total. The number of rotatable bonds is 4. The van der Waals surface area contributed by atoms with Gasteiger partial charge in [0.15, 0.2) is 5.69 Å². The lowest BCUT2D eigenvalue weighted by atomic mass is 9.95. The third-order valence-electron chi connectivity index (χ3n) is 4.83. The molecule has 1 aliphatic carbocycles. The molecule has 2 aromatic carbocycles. The molecule has 27 heavy (non-hydrogen) atoms. The fraction of sp³-hybridized carbons (Fsp3) is 0.238. The van der Waals surface area contributed by atoms with E-state index >= 15 is 0 Å². The molecule has 0 atom stereocenters. The Morgan fingerprint density at radius 2 is 1.59 bits per heavy atom. The van der Waals surface area contributed by atoms with Gasteiger partial charge in [0, 0.05) is 17.8 Å². The van der Waals surface area contributed by atoms with E-state index in [2.05, 4.69) is 10.4 Å². The Balaban J connectivity index is 1.61. The molecule has 0 fully saturated rings. The number of fused-ring (bicyclic) bond motifs is 1. The summed E-state index contributed by atoms with van der Waals surface area (Å²) in [5.74, 6) is -0.868. The van der Waals surface area contributed by atoms with Crippen molar-refractivity contribution in [3.05, 3.63) is 82.7 Å². The van der Waals surface area contributed by atoms with Gasteiger partial charge in [-0.15, -0.1) is 0 Å². The van der Waals surface area contributed by atoms with E-state index in [1.807, 2.05) is 0 Å². The molecule has 138 valence electrons. The van der Waals surface area contributed by atoms with E-state index < -0.39 is 0 Å². The van der Waals surface area contributed by atoms with Gasteiger partial charge < -0.3 is 5.32 Å². The van der Waals surface area contributed by atoms with Gasteiger partial charge in [0.25, 0.3) is 5.91 Å². The van der Waals surface area contributed by atoms with Gasteiger partial charge in [0.2, 0.25) is 0 Å². The summed E-state index contributed by atoms with van der Waals surface area (Å²) in [6, 6.07) is 12.1. The number of carbonyl (C=O) groups excluding carboxylic acids is 1. The molecule has 0 bridgehead atoms. The van der Waals surface area contributed by atoms with Crippen molar-refractivity contribution in [3.63, 3.8) is 0 Å². The Morgan fingerprint density at radius 1 is 0.963 bits per heavy atom. The summed E-state index contributed by atoms with van der Waals surface area (Å²) in [6.45, 7) is 0.303. The Hall–Kier alpha value is -3.02. The first-order valence-electron chi connectivity index (χ1n) is 9.01. The van der Waals surface area contributed by atoms with Crippen LogP contribution in [0.15, 0.2) is 48.5 Å². The van der Waals surface area contributed by atoms with Gasteiger partial charge in [-0.2, -0.15) is 5.10 Å². The quantitative estimate of drug-likeness (QED) is 0.759. The number of nitrogens with one attached hydrogen (secondary N) is 1. The van der Waals surface area contributed by atoms with Gasteiger partial charge in [-0.1, -0.05) is 12.1 Å². The topological polar surface area (TPSA) is 46.9 Å². The van der Waals surface area contributed by atoms with Crippen molar-refractivity contribution < 1.29 is 13.6 Å². The SMILES string of the molecule is O=C(NCc1ccc(F)cc1)c1nn(-c2ccc(F)cc2)c2c1CCCC2. The van der Waals surface area contributed by atoms with E-state index in [0.717, 1.165) is 48.2 Å². The van der Waals surface area contributed by atoms with Crippen LogP contribution in [0, 0.1) is 11.6 Å². The highest BCUT2D eigenvalue weighted by Gasteiger charge is 2.25. The Labute approximate surface area is 155 Å². The zero-order valence-corrected chi connectivity index (χ0v) is 14.7. The smallest absolute Gasteiger partial charge is 0.272 e. The highest BCUT2D eigenvalue weighted by molar-refractivity contribution is 5.94. The van der Waals surface area contributed by atoms with E-state index in [1.54, 1.807) is 28.9 Å². The maximum Gasteiger partial charge on any atom is 0.272 e. The van der Waals surface area contributed by atoms with Crippen LogP contribution < -0.4 is 5.32 Å². The van der Waals surface area contributed by atoms with E-state index in [9.17, 15) is 13.6 Å². The first-order valence-corrected chi connectivity index (χ1v) is 9.01. The summed E-state index contributed by atoms with van der Waals surface area (Å²) in [4.78, 5) is 12.7. The number of hydrogen-bond acceptors (Lipinski definition) is 2. The van der Waals surface area contributed by atoms with E-state index in [1.165, 1.54) is 24.3 Å². The van der Waals surface area contributed by atoms with Gasteiger partial charge in [0.1, 0.15) is 11.6 Å². The zero-order valence-electron chi connectivity index (χ0n) is 14.7. The number of nitrogens with zero attached hydrogens (tertiary/aromatic N) is 2. The minimum absolute atomic E-state index is 0.252. The van der Waals surface area contributed by atoms with Crippen LogP contribution in [0.4, 0.5) is 8.78 Å². The lowest BCUT2D eigenvalue weighted by molar-refractivity contribution is 0.0944. The molecule has 1 heterocycles. The first-order chi connectivity index (χ1) is 13.1. The summed E-state index contributed by atoms with van der Waals surface area (Å²) >= 11 is 0. The molecule has 1 aliphatic rings. The molecule has 0 unspecified atom stereocenters. The maximum absolute atomic E-state index is 13.2. The molecule has 1 amide bonds. The number of amides is 1. The third kappa shape index (κ3) is 3.60. The number of benzene rings is 2. The standard InChI is InChI=1S/C21H19F2N3O/c22-15-7-5-14(6-8-15)13-24-21(27)20-18-3-1-2-4-19(18)26(25-20)17-11-9-16(23)10-12-17/h5-12H,1-4,13H2,(H,24,27). The minimum Gasteiger partial charge on any atom is -0.347 e. The minimum atomic E-state index is -0.308. The fourth-order valence-corrected chi connectivity index (χ4v) is 3.45. The third-order valence-corrected chi connectivity index (χ3v) is 4.83. The van der Waals surface area contributed by atoms with Crippen molar-refractivity contribution in [1.29, 1.82) is 0 Å². The van der Waals surface area contributed by atoms with Gasteiger partial charge in [-0.25, -0.2) is 13.5 Å². The zero-order chi connectivity index (χ0) is 18.8. The van der Waals surface area contributed by atoms with Gasteiger partial charge in [-0.3, -0.25) is 4.79 Å². The Morgan fingerprint density at radius 3 is 2.30 bits per heavy atom. The molecule has 0 saturated carbocycles. The summed E-state index contributed by atoms with van der Waals surface area (Å²) in [7, 11) is 0. The summed E-state index contributed by atoms with van der Waals surface area (Å²) in [5.41, 5.74) is 3.95. The Bertz CT molecular complexity index is 962. The summed E-state index contributed by atoms with van der Waals surface area (Å²) in [6.07, 6.45) is 3.69. The van der Waals surface area contributed by atoms with Crippen LogP contribution in [0.2, 0.25) is 0 Å². The van der Waals surface area contributed by atoms with E-state index in [4.69, 9.17) is 0 Å². The van der Waals surface area contributed by atoms with Crippen molar-refractivity contribution in [2.24, 2.45) is 0 Å². The molecule has 1 N–H and O–H groups in total. The van der Waals surface area contributed by atoms with E-state index in [0.29, 0.717) is 12.2 Å². The van der Waals surface area contributed by atoms with Crippen molar-refractivity contribution in [3.8, 4) is 5.69 Å². The van der Waals surface area contributed by atoms with Crippen molar-refractivity contribution in [1.82, 2.24) is 15.1 Å². The predicted molar refractivity (Wildman–Crippen MR) is 97.7 cm³/mol. The fourth-order valence-electron chi connectivity index (χ4n) is 3.45. The molecule has 6 heteroatoms.